The van der Waals surface area contributed by atoms with Crippen LogP contribution in [0.5, 0.6) is 5.75 Å². The molecule has 7 nitrogen and oxygen atoms in total. The maximum Gasteiger partial charge on any atom is 0.330 e. The molecule has 2 rings (SSSR count). The van der Waals surface area contributed by atoms with Gasteiger partial charge in [-0.05, 0) is 32.9 Å². The molecule has 1 saturated heterocycles. The van der Waals surface area contributed by atoms with Crippen molar-refractivity contribution in [3.8, 4) is 5.75 Å². The zero-order valence-electron chi connectivity index (χ0n) is 15.0. The van der Waals surface area contributed by atoms with Crippen molar-refractivity contribution in [3.63, 3.8) is 0 Å². The third-order valence-electron chi connectivity index (χ3n) is 4.08. The van der Waals surface area contributed by atoms with Gasteiger partial charge in [-0.15, -0.1) is 0 Å². The summed E-state index contributed by atoms with van der Waals surface area (Å²) < 4.78 is 10.2. The van der Waals surface area contributed by atoms with E-state index in [1.807, 2.05) is 19.1 Å². The van der Waals surface area contributed by atoms with Crippen LogP contribution in [0.3, 0.4) is 0 Å². The smallest absolute Gasteiger partial charge is 0.330 e. The Morgan fingerprint density at radius 1 is 1.32 bits per heavy atom. The molecular weight excluding hydrogens is 324 g/mol. The number of carbonyl (C=O) groups is 3. The molecule has 1 aromatic carbocycles. The van der Waals surface area contributed by atoms with Crippen LogP contribution in [0, 0.1) is 5.92 Å². The van der Waals surface area contributed by atoms with Crippen molar-refractivity contribution >= 4 is 23.5 Å². The van der Waals surface area contributed by atoms with Crippen molar-refractivity contribution in [2.45, 2.75) is 32.7 Å². The number of esters is 1. The minimum atomic E-state index is -1.15. The van der Waals surface area contributed by atoms with Crippen LogP contribution in [0.2, 0.25) is 0 Å². The van der Waals surface area contributed by atoms with Crippen molar-refractivity contribution in [2.24, 2.45) is 5.92 Å². The first kappa shape index (κ1) is 18.8. The number of ether oxygens (including phenoxy) is 2. The second-order valence-corrected chi connectivity index (χ2v) is 6.41. The fraction of sp³-hybridized carbons (Fsp3) is 0.500. The lowest BCUT2D eigenvalue weighted by Gasteiger charge is -2.25. The summed E-state index contributed by atoms with van der Waals surface area (Å²) in [6.45, 7) is 5.72. The van der Waals surface area contributed by atoms with E-state index in [-0.39, 0.29) is 24.8 Å². The van der Waals surface area contributed by atoms with Gasteiger partial charge in [0.15, 0.2) is 0 Å². The second kappa shape index (κ2) is 7.55. The van der Waals surface area contributed by atoms with Gasteiger partial charge in [0.25, 0.3) is 0 Å². The van der Waals surface area contributed by atoms with E-state index in [1.165, 1.54) is 7.11 Å². The summed E-state index contributed by atoms with van der Waals surface area (Å²) in [4.78, 5) is 38.2. The van der Waals surface area contributed by atoms with Gasteiger partial charge in [0.05, 0.1) is 25.3 Å². The average Bonchev–Trinajstić information content (AvgIpc) is 2.96. The lowest BCUT2D eigenvalue weighted by molar-refractivity contribution is -0.149. The number of nitrogens with one attached hydrogen (secondary N) is 1. The summed E-state index contributed by atoms with van der Waals surface area (Å²) in [6.07, 6.45) is 0.0869. The molecule has 1 atom stereocenters. The molecule has 1 aliphatic heterocycles. The van der Waals surface area contributed by atoms with E-state index in [1.54, 1.807) is 30.9 Å². The maximum atomic E-state index is 12.5. The zero-order valence-corrected chi connectivity index (χ0v) is 15.0. The molecule has 0 bridgehead atoms. The molecule has 0 unspecified atom stereocenters. The van der Waals surface area contributed by atoms with Gasteiger partial charge in [-0.2, -0.15) is 0 Å². The summed E-state index contributed by atoms with van der Waals surface area (Å²) >= 11 is 0. The highest BCUT2D eigenvalue weighted by atomic mass is 16.5. The Morgan fingerprint density at radius 3 is 2.64 bits per heavy atom. The van der Waals surface area contributed by atoms with E-state index >= 15 is 0 Å². The maximum absolute atomic E-state index is 12.5. The van der Waals surface area contributed by atoms with Crippen LogP contribution in [0.15, 0.2) is 24.3 Å². The Labute approximate surface area is 147 Å². The highest BCUT2D eigenvalue weighted by molar-refractivity contribution is 6.02. The number of amides is 2. The minimum Gasteiger partial charge on any atom is -0.492 e. The van der Waals surface area contributed by atoms with Crippen LogP contribution in [0.1, 0.15) is 27.2 Å². The average molecular weight is 348 g/mol. The topological polar surface area (TPSA) is 84.9 Å². The fourth-order valence-corrected chi connectivity index (χ4v) is 2.79. The van der Waals surface area contributed by atoms with Crippen molar-refractivity contribution in [2.75, 3.05) is 25.2 Å². The van der Waals surface area contributed by atoms with Crippen molar-refractivity contribution in [1.29, 1.82) is 0 Å². The molecule has 0 saturated carbocycles. The molecule has 25 heavy (non-hydrogen) atoms. The SMILES string of the molecule is CCOc1ccccc1N1C[C@H](C(=O)NC(C)(C)C(=O)OC)CC1=O. The normalized spacial score (nSPS) is 17.4. The first-order valence-electron chi connectivity index (χ1n) is 8.22. The number of anilines is 1. The molecule has 0 spiro atoms. The standard InChI is InChI=1S/C18H24N2O5/c1-5-25-14-9-7-6-8-13(14)20-11-12(10-15(20)21)16(22)19-18(2,3)17(23)24-4/h6-9,12H,5,10-11H2,1-4H3,(H,19,22)/t12-/m1/s1. The molecule has 1 fully saturated rings. The fourth-order valence-electron chi connectivity index (χ4n) is 2.79. The Kier molecular flexibility index (Phi) is 5.66. The van der Waals surface area contributed by atoms with Crippen LogP contribution in [0.25, 0.3) is 0 Å². The number of hydrogen-bond donors (Lipinski definition) is 1. The van der Waals surface area contributed by atoms with Gasteiger partial charge in [0, 0.05) is 13.0 Å². The summed E-state index contributed by atoms with van der Waals surface area (Å²) in [5.74, 6) is -0.965. The van der Waals surface area contributed by atoms with E-state index in [0.29, 0.717) is 18.0 Å². The van der Waals surface area contributed by atoms with Gasteiger partial charge in [-0.3, -0.25) is 9.59 Å². The first-order chi connectivity index (χ1) is 11.8. The van der Waals surface area contributed by atoms with Crippen molar-refractivity contribution in [3.05, 3.63) is 24.3 Å². The Bertz CT molecular complexity index is 671. The molecule has 1 aromatic rings. The van der Waals surface area contributed by atoms with E-state index in [0.717, 1.165) is 0 Å². The number of hydrogen-bond acceptors (Lipinski definition) is 5. The highest BCUT2D eigenvalue weighted by Gasteiger charge is 2.39. The monoisotopic (exact) mass is 348 g/mol. The predicted molar refractivity (Wildman–Crippen MR) is 92.3 cm³/mol. The molecule has 136 valence electrons. The summed E-state index contributed by atoms with van der Waals surface area (Å²) in [5.41, 5.74) is -0.497. The van der Waals surface area contributed by atoms with Gasteiger partial charge in [-0.1, -0.05) is 12.1 Å². The van der Waals surface area contributed by atoms with Crippen LogP contribution < -0.4 is 15.0 Å². The number of para-hydroxylation sites is 2. The molecular formula is C18H24N2O5. The number of methoxy groups -OCH3 is 1. The van der Waals surface area contributed by atoms with E-state index in [2.05, 4.69) is 10.1 Å². The third kappa shape index (κ3) is 4.10. The minimum absolute atomic E-state index is 0.0869. The number of carbonyl (C=O) groups excluding carboxylic acids is 3. The van der Waals surface area contributed by atoms with Gasteiger partial charge >= 0.3 is 5.97 Å². The molecule has 0 radical (unpaired) electrons. The predicted octanol–water partition coefficient (Wildman–Crippen LogP) is 1.51. The summed E-state index contributed by atoms with van der Waals surface area (Å²) in [7, 11) is 1.27. The van der Waals surface area contributed by atoms with Gasteiger partial charge in [-0.25, -0.2) is 4.79 Å². The molecule has 7 heteroatoms. The number of nitrogens with zero attached hydrogens (tertiary/aromatic N) is 1. The number of rotatable bonds is 6. The van der Waals surface area contributed by atoms with Gasteiger partial charge < -0.3 is 19.7 Å². The third-order valence-corrected chi connectivity index (χ3v) is 4.08. The molecule has 1 heterocycles. The summed E-state index contributed by atoms with van der Waals surface area (Å²) in [5, 5.41) is 2.66. The zero-order chi connectivity index (χ0) is 18.6. The lowest BCUT2D eigenvalue weighted by atomic mass is 10.0. The number of benzene rings is 1. The molecule has 1 N–H and O–H groups in total. The van der Waals surface area contributed by atoms with Gasteiger partial charge in [0.1, 0.15) is 11.3 Å². The molecule has 0 aliphatic carbocycles. The Balaban J connectivity index is 2.12. The largest absolute Gasteiger partial charge is 0.492 e. The van der Waals surface area contributed by atoms with Gasteiger partial charge in [0.2, 0.25) is 11.8 Å². The molecule has 2 amide bonds. The van der Waals surface area contributed by atoms with Crippen molar-refractivity contribution < 1.29 is 23.9 Å². The van der Waals surface area contributed by atoms with Crippen LogP contribution in [-0.2, 0) is 19.1 Å². The van der Waals surface area contributed by atoms with E-state index < -0.39 is 17.4 Å². The van der Waals surface area contributed by atoms with E-state index in [4.69, 9.17) is 4.74 Å². The lowest BCUT2D eigenvalue weighted by Crippen LogP contribution is -2.52. The van der Waals surface area contributed by atoms with Crippen LogP contribution in [-0.4, -0.2) is 43.6 Å². The van der Waals surface area contributed by atoms with E-state index in [9.17, 15) is 14.4 Å². The highest BCUT2D eigenvalue weighted by Crippen LogP contribution is 2.33. The first-order valence-corrected chi connectivity index (χ1v) is 8.22. The quantitative estimate of drug-likeness (QED) is 0.788. The molecule has 0 aromatic heterocycles. The Hall–Kier alpha value is -2.57. The van der Waals surface area contributed by atoms with Crippen LogP contribution >= 0.6 is 0 Å². The Morgan fingerprint density at radius 2 is 2.00 bits per heavy atom. The molecule has 1 aliphatic rings. The van der Waals surface area contributed by atoms with Crippen molar-refractivity contribution in [1.82, 2.24) is 5.32 Å². The summed E-state index contributed by atoms with van der Waals surface area (Å²) in [6, 6.07) is 7.23. The second-order valence-electron chi connectivity index (χ2n) is 6.41. The van der Waals surface area contributed by atoms with Crippen LogP contribution in [0.4, 0.5) is 5.69 Å².